The minimum atomic E-state index is -2.32. The first kappa shape index (κ1) is 45.3. The number of alkyl carbamates (subject to hydrolysis) is 1. The summed E-state index contributed by atoms with van der Waals surface area (Å²) in [4.78, 5) is 38.6. The van der Waals surface area contributed by atoms with Crippen molar-refractivity contribution in [2.24, 2.45) is 5.92 Å². The number of hydrogen-bond donors (Lipinski definition) is 2. The van der Waals surface area contributed by atoms with Crippen LogP contribution in [0.3, 0.4) is 0 Å². The van der Waals surface area contributed by atoms with Crippen LogP contribution in [0.25, 0.3) is 11.3 Å². The van der Waals surface area contributed by atoms with Crippen molar-refractivity contribution in [2.45, 2.75) is 142 Å². The summed E-state index contributed by atoms with van der Waals surface area (Å²) >= 11 is 0. The van der Waals surface area contributed by atoms with Crippen molar-refractivity contribution in [3.05, 3.63) is 70.9 Å². The number of anilines is 2. The lowest BCUT2D eigenvalue weighted by molar-refractivity contribution is 0.0336. The number of aromatic nitrogens is 2. The number of carbonyl (C=O) groups excluding carboxylic acids is 2. The smallest absolute Gasteiger partial charge is 0.408 e. The van der Waals surface area contributed by atoms with Gasteiger partial charge in [-0.1, -0.05) is 54.5 Å². The number of carbonyl (C=O) groups is 2. The van der Waals surface area contributed by atoms with Crippen LogP contribution in [0.5, 0.6) is 0 Å². The van der Waals surface area contributed by atoms with Gasteiger partial charge in [0.15, 0.2) is 16.6 Å². The molecule has 2 N–H and O–H groups in total. The van der Waals surface area contributed by atoms with Crippen molar-refractivity contribution in [1.82, 2.24) is 15.3 Å². The molecule has 4 atom stereocenters. The van der Waals surface area contributed by atoms with Crippen LogP contribution in [0.15, 0.2) is 36.5 Å². The van der Waals surface area contributed by atoms with Gasteiger partial charge in [0.25, 0.3) is 5.91 Å². The fraction of sp³-hybridized carbons (Fsp3) is 0.581. The lowest BCUT2D eigenvalue weighted by atomic mass is 9.91. The summed E-state index contributed by atoms with van der Waals surface area (Å²) < 4.78 is 64.3. The summed E-state index contributed by atoms with van der Waals surface area (Å²) in [7, 11) is -4.54. The Kier molecular flexibility index (Phi) is 12.8. The maximum absolute atomic E-state index is 15.0. The van der Waals surface area contributed by atoms with Gasteiger partial charge in [-0.2, -0.15) is 0 Å². The Balaban J connectivity index is 1.59. The van der Waals surface area contributed by atoms with E-state index in [2.05, 4.69) is 95.2 Å². The molecule has 1 aliphatic carbocycles. The van der Waals surface area contributed by atoms with Crippen LogP contribution in [-0.2, 0) is 20.0 Å². The topological polar surface area (TPSA) is 115 Å². The van der Waals surface area contributed by atoms with Crippen LogP contribution in [0.4, 0.5) is 29.3 Å². The van der Waals surface area contributed by atoms with Crippen LogP contribution in [0.1, 0.15) is 104 Å². The summed E-state index contributed by atoms with van der Waals surface area (Å²) in [5.74, 6) is -3.80. The van der Waals surface area contributed by atoms with E-state index in [9.17, 15) is 18.4 Å². The molecule has 3 aromatic rings. The third-order valence-corrected chi connectivity index (χ3v) is 21.0. The number of benzene rings is 1. The van der Waals surface area contributed by atoms with Gasteiger partial charge in [0.1, 0.15) is 34.4 Å². The molecule has 5 rings (SSSR count). The number of ether oxygens (including phenoxy) is 1. The van der Waals surface area contributed by atoms with Gasteiger partial charge in [-0.3, -0.25) is 9.78 Å². The molecule has 1 aliphatic heterocycles. The first-order valence-corrected chi connectivity index (χ1v) is 26.0. The second kappa shape index (κ2) is 16.3. The molecule has 2 amide bonds. The highest BCUT2D eigenvalue weighted by Gasteiger charge is 2.47. The van der Waals surface area contributed by atoms with E-state index in [1.165, 1.54) is 12.1 Å². The second-order valence-electron chi connectivity index (χ2n) is 19.8. The molecular weight excluding hydrogens is 780 g/mol. The number of rotatable bonds is 9. The first-order chi connectivity index (χ1) is 26.6. The molecule has 15 heteroatoms. The van der Waals surface area contributed by atoms with Gasteiger partial charge < -0.3 is 29.1 Å². The van der Waals surface area contributed by atoms with Gasteiger partial charge in [-0.05, 0) is 94.1 Å². The zero-order valence-corrected chi connectivity index (χ0v) is 38.6. The molecule has 10 nitrogen and oxygen atoms in total. The monoisotopic (exact) mass is 841 g/mol. The van der Waals surface area contributed by atoms with Crippen molar-refractivity contribution in [2.75, 3.05) is 23.3 Å². The van der Waals surface area contributed by atoms with Crippen LogP contribution < -0.4 is 15.5 Å². The Morgan fingerprint density at radius 3 is 2.03 bits per heavy atom. The fourth-order valence-electron chi connectivity index (χ4n) is 7.00. The standard InChI is InChI=1S/C43H62F3N5O5Si2/c1-25-23-51(24-32(50-40(53)54-41(2,3)4)38(25)56-58(13,14)43(8,9)10)37-26-18-21-33(55-57(11,12)42(5,6)7)35(26)47-22-31(37)49-39(52)30-20-19-29(46)36(48-30)34-27(44)16-15-17-28(34)45/h15-17,19-20,22,25,32-33,38H,18,21,23-24H2,1-14H3,(H,49,52)(H,50,53). The van der Waals surface area contributed by atoms with Gasteiger partial charge in [0.05, 0.1) is 47.1 Å². The number of nitrogens with zero attached hydrogens (tertiary/aromatic N) is 3. The van der Waals surface area contributed by atoms with Gasteiger partial charge in [0.2, 0.25) is 0 Å². The molecule has 0 bridgehead atoms. The van der Waals surface area contributed by atoms with Gasteiger partial charge >= 0.3 is 6.09 Å². The Morgan fingerprint density at radius 1 is 0.845 bits per heavy atom. The molecular formula is C43H62F3N5O5Si2. The average Bonchev–Trinajstić information content (AvgIpc) is 3.46. The fourth-order valence-corrected chi connectivity index (χ4v) is 9.72. The van der Waals surface area contributed by atoms with Gasteiger partial charge in [-0.15, -0.1) is 0 Å². The Bertz CT molecular complexity index is 2010. The van der Waals surface area contributed by atoms with Gasteiger partial charge in [-0.25, -0.2) is 22.9 Å². The molecule has 0 spiro atoms. The van der Waals surface area contributed by atoms with Crippen LogP contribution in [0, 0.1) is 23.4 Å². The molecule has 1 saturated heterocycles. The zero-order chi connectivity index (χ0) is 43.3. The summed E-state index contributed by atoms with van der Waals surface area (Å²) in [5, 5.41) is 5.97. The van der Waals surface area contributed by atoms with E-state index >= 15 is 4.39 Å². The molecule has 2 aromatic heterocycles. The highest BCUT2D eigenvalue weighted by atomic mass is 28.4. The number of halogens is 3. The van der Waals surface area contributed by atoms with Crippen molar-refractivity contribution >= 4 is 40.0 Å². The lowest BCUT2D eigenvalue weighted by Crippen LogP contribution is -2.63. The van der Waals surface area contributed by atoms with Crippen LogP contribution >= 0.6 is 0 Å². The highest BCUT2D eigenvalue weighted by molar-refractivity contribution is 6.74. The van der Waals surface area contributed by atoms with Crippen LogP contribution in [0.2, 0.25) is 36.3 Å². The molecule has 0 saturated carbocycles. The van der Waals surface area contributed by atoms with E-state index in [0.717, 1.165) is 35.1 Å². The van der Waals surface area contributed by atoms with E-state index < -0.39 is 69.0 Å². The van der Waals surface area contributed by atoms with Crippen molar-refractivity contribution in [3.8, 4) is 11.3 Å². The molecule has 1 aromatic carbocycles. The first-order valence-electron chi connectivity index (χ1n) is 20.1. The van der Waals surface area contributed by atoms with E-state index in [1.807, 2.05) is 20.8 Å². The number of hydrogen-bond acceptors (Lipinski definition) is 8. The van der Waals surface area contributed by atoms with Crippen LogP contribution in [-0.4, -0.2) is 69.4 Å². The molecule has 58 heavy (non-hydrogen) atoms. The van der Waals surface area contributed by atoms with E-state index in [1.54, 1.807) is 6.20 Å². The lowest BCUT2D eigenvalue weighted by Gasteiger charge is -2.49. The van der Waals surface area contributed by atoms with Crippen molar-refractivity contribution < 1.29 is 36.3 Å². The van der Waals surface area contributed by atoms with Crippen molar-refractivity contribution in [1.29, 1.82) is 0 Å². The Morgan fingerprint density at radius 2 is 1.45 bits per heavy atom. The third kappa shape index (κ3) is 9.80. The maximum Gasteiger partial charge on any atom is 0.408 e. The number of pyridine rings is 2. The third-order valence-electron chi connectivity index (χ3n) is 12.1. The molecule has 0 radical (unpaired) electrons. The second-order valence-corrected chi connectivity index (χ2v) is 29.4. The minimum Gasteiger partial charge on any atom is -0.444 e. The Labute approximate surface area is 344 Å². The summed E-state index contributed by atoms with van der Waals surface area (Å²) in [6, 6.07) is 4.81. The molecule has 2 aliphatic rings. The predicted octanol–water partition coefficient (Wildman–Crippen LogP) is 10.6. The molecule has 4 unspecified atom stereocenters. The van der Waals surface area contributed by atoms with Gasteiger partial charge in [0, 0.05) is 24.6 Å². The average molecular weight is 842 g/mol. The zero-order valence-electron chi connectivity index (χ0n) is 36.6. The number of amides is 2. The normalized spacial score (nSPS) is 20.5. The van der Waals surface area contributed by atoms with E-state index in [4.69, 9.17) is 18.6 Å². The SMILES string of the molecule is CC1CN(c2c(NC(=O)c3ccc(F)c(-c4c(F)cccc4F)n3)cnc3c2CCC3O[Si](C)(C)C(C)(C)C)CC(NC(=O)OC(C)(C)C)C1O[Si](C)(C)C(C)(C)C. The minimum absolute atomic E-state index is 0.0406. The summed E-state index contributed by atoms with van der Waals surface area (Å²) in [6.45, 7) is 30.3. The largest absolute Gasteiger partial charge is 0.444 e. The predicted molar refractivity (Wildman–Crippen MR) is 228 cm³/mol. The van der Waals surface area contributed by atoms with E-state index in [-0.39, 0.29) is 33.9 Å². The number of nitrogens with one attached hydrogen (secondary N) is 2. The van der Waals surface area contributed by atoms with Crippen molar-refractivity contribution in [3.63, 3.8) is 0 Å². The number of fused-ring (bicyclic) bond motifs is 1. The quantitative estimate of drug-likeness (QED) is 0.205. The highest BCUT2D eigenvalue weighted by Crippen LogP contribution is 2.48. The molecule has 3 heterocycles. The molecule has 318 valence electrons. The molecule has 1 fully saturated rings. The maximum atomic E-state index is 15.0. The van der Waals surface area contributed by atoms with E-state index in [0.29, 0.717) is 31.6 Å². The Hall–Kier alpha value is -3.80. The summed E-state index contributed by atoms with van der Waals surface area (Å²) in [5.41, 5.74) is 0.536. The number of piperidine rings is 1. The summed E-state index contributed by atoms with van der Waals surface area (Å²) in [6.07, 6.45) is 1.74.